The topological polar surface area (TPSA) is 58.4 Å². The Balaban J connectivity index is 2.02. The average Bonchev–Trinajstić information content (AvgIpc) is 2.80. The molecule has 2 fully saturated rings. The van der Waals surface area contributed by atoms with E-state index in [2.05, 4.69) is 10.3 Å². The Morgan fingerprint density at radius 2 is 2.57 bits per heavy atom. The summed E-state index contributed by atoms with van der Waals surface area (Å²) in [6, 6.07) is 0.586. The molecule has 2 aliphatic rings. The third kappa shape index (κ3) is 1.64. The van der Waals surface area contributed by atoms with Crippen LogP contribution in [-0.2, 0) is 4.79 Å². The van der Waals surface area contributed by atoms with Crippen LogP contribution in [0.3, 0.4) is 0 Å². The first-order valence-corrected chi connectivity index (χ1v) is 6.19. The number of fused-ring (bicyclic) bond motifs is 2. The van der Waals surface area contributed by atoms with Crippen molar-refractivity contribution in [2.75, 3.05) is 12.3 Å². The first kappa shape index (κ1) is 10.3. The fourth-order valence-electron chi connectivity index (χ4n) is 2.48. The van der Waals surface area contributed by atoms with E-state index in [0.29, 0.717) is 6.04 Å². The van der Waals surface area contributed by atoms with Gasteiger partial charge in [0.25, 0.3) is 5.91 Å². The van der Waals surface area contributed by atoms with Gasteiger partial charge in [0.1, 0.15) is 0 Å². The van der Waals surface area contributed by atoms with Gasteiger partial charge in [-0.15, -0.1) is 0 Å². The fraction of sp³-hybridized carbons (Fsp3) is 0.889. The molecule has 3 atom stereocenters. The molecule has 4 nitrogen and oxygen atoms in total. The molecule has 14 heavy (non-hydrogen) atoms. The van der Waals surface area contributed by atoms with Crippen LogP contribution < -0.4 is 11.3 Å². The zero-order valence-electron chi connectivity index (χ0n) is 8.40. The summed E-state index contributed by atoms with van der Waals surface area (Å²) in [5, 5.41) is 0.750. The lowest BCUT2D eigenvalue weighted by Gasteiger charge is -2.32. The van der Waals surface area contributed by atoms with Crippen molar-refractivity contribution in [3.05, 3.63) is 0 Å². The zero-order valence-corrected chi connectivity index (χ0v) is 9.22. The summed E-state index contributed by atoms with van der Waals surface area (Å²) in [5.41, 5.74) is 2.26. The van der Waals surface area contributed by atoms with Crippen molar-refractivity contribution in [3.63, 3.8) is 0 Å². The van der Waals surface area contributed by atoms with E-state index in [4.69, 9.17) is 5.84 Å². The normalized spacial score (nSPS) is 33.3. The van der Waals surface area contributed by atoms with Crippen LogP contribution in [0.4, 0.5) is 0 Å². The molecule has 2 aliphatic heterocycles. The van der Waals surface area contributed by atoms with Crippen LogP contribution in [0.5, 0.6) is 0 Å². The van der Waals surface area contributed by atoms with E-state index in [0.717, 1.165) is 18.2 Å². The van der Waals surface area contributed by atoms with E-state index in [1.807, 2.05) is 18.7 Å². The fourth-order valence-corrected chi connectivity index (χ4v) is 3.94. The lowest BCUT2D eigenvalue weighted by atomic mass is 10.1. The highest BCUT2D eigenvalue weighted by molar-refractivity contribution is 8.00. The maximum absolute atomic E-state index is 11.5. The van der Waals surface area contributed by atoms with Gasteiger partial charge in [-0.3, -0.25) is 15.1 Å². The Bertz CT molecular complexity index is 236. The molecule has 3 unspecified atom stereocenters. The van der Waals surface area contributed by atoms with E-state index < -0.39 is 0 Å². The SMILES string of the molecule is CCC(C(=O)NN)N1CC2CC1CS2. The Labute approximate surface area is 88.6 Å². The highest BCUT2D eigenvalue weighted by Crippen LogP contribution is 2.38. The zero-order chi connectivity index (χ0) is 10.1. The van der Waals surface area contributed by atoms with Gasteiger partial charge in [-0.05, 0) is 12.8 Å². The van der Waals surface area contributed by atoms with Gasteiger partial charge in [-0.2, -0.15) is 11.8 Å². The van der Waals surface area contributed by atoms with Gasteiger partial charge in [-0.1, -0.05) is 6.92 Å². The monoisotopic (exact) mass is 215 g/mol. The number of nitrogens with two attached hydrogens (primary N) is 1. The molecule has 3 N–H and O–H groups in total. The van der Waals surface area contributed by atoms with Crippen LogP contribution in [0.2, 0.25) is 0 Å². The van der Waals surface area contributed by atoms with Gasteiger partial charge in [-0.25, -0.2) is 5.84 Å². The van der Waals surface area contributed by atoms with Crippen molar-refractivity contribution >= 4 is 17.7 Å². The second kappa shape index (κ2) is 4.08. The van der Waals surface area contributed by atoms with Gasteiger partial charge in [0.05, 0.1) is 6.04 Å². The summed E-state index contributed by atoms with van der Waals surface area (Å²) in [4.78, 5) is 13.8. The maximum atomic E-state index is 11.5. The minimum Gasteiger partial charge on any atom is -0.293 e. The van der Waals surface area contributed by atoms with Gasteiger partial charge in [0.2, 0.25) is 0 Å². The van der Waals surface area contributed by atoms with Crippen LogP contribution in [-0.4, -0.2) is 40.4 Å². The number of hydrazine groups is 1. The van der Waals surface area contributed by atoms with Gasteiger partial charge >= 0.3 is 0 Å². The van der Waals surface area contributed by atoms with E-state index in [1.54, 1.807) is 0 Å². The van der Waals surface area contributed by atoms with Crippen molar-refractivity contribution in [1.29, 1.82) is 0 Å². The van der Waals surface area contributed by atoms with Crippen molar-refractivity contribution in [1.82, 2.24) is 10.3 Å². The summed E-state index contributed by atoms with van der Waals surface area (Å²) in [5.74, 6) is 6.33. The number of amides is 1. The number of carbonyl (C=O) groups excluding carboxylic acids is 1. The maximum Gasteiger partial charge on any atom is 0.251 e. The second-order valence-electron chi connectivity index (χ2n) is 3.97. The molecule has 5 heteroatoms. The molecule has 80 valence electrons. The average molecular weight is 215 g/mol. The van der Waals surface area contributed by atoms with E-state index in [1.165, 1.54) is 12.2 Å². The van der Waals surface area contributed by atoms with E-state index >= 15 is 0 Å². The molecule has 0 aromatic heterocycles. The summed E-state index contributed by atoms with van der Waals surface area (Å²) < 4.78 is 0. The molecule has 0 aromatic rings. The molecular weight excluding hydrogens is 198 g/mol. The smallest absolute Gasteiger partial charge is 0.251 e. The highest BCUT2D eigenvalue weighted by Gasteiger charge is 2.42. The molecule has 0 saturated carbocycles. The highest BCUT2D eigenvalue weighted by atomic mass is 32.2. The summed E-state index contributed by atoms with van der Waals surface area (Å²) >= 11 is 2.04. The van der Waals surface area contributed by atoms with Crippen LogP contribution in [0, 0.1) is 0 Å². The minimum absolute atomic E-state index is 0.0177. The van der Waals surface area contributed by atoms with Gasteiger partial charge in [0.15, 0.2) is 0 Å². The number of nitrogens with zero attached hydrogens (tertiary/aromatic N) is 1. The largest absolute Gasteiger partial charge is 0.293 e. The van der Waals surface area contributed by atoms with Crippen LogP contribution in [0.1, 0.15) is 19.8 Å². The van der Waals surface area contributed by atoms with Gasteiger partial charge < -0.3 is 0 Å². The van der Waals surface area contributed by atoms with E-state index in [-0.39, 0.29) is 11.9 Å². The molecule has 0 radical (unpaired) electrons. The Kier molecular flexibility index (Phi) is 2.99. The number of carbonyl (C=O) groups is 1. The Hall–Kier alpha value is -0.260. The van der Waals surface area contributed by atoms with Crippen LogP contribution in [0.25, 0.3) is 0 Å². The summed E-state index contributed by atoms with van der Waals surface area (Å²) in [7, 11) is 0. The quantitative estimate of drug-likeness (QED) is 0.393. The summed E-state index contributed by atoms with van der Waals surface area (Å²) in [6.07, 6.45) is 2.09. The molecule has 0 aliphatic carbocycles. The molecule has 0 aromatic carbocycles. The number of nitrogens with one attached hydrogen (secondary N) is 1. The first-order chi connectivity index (χ1) is 6.76. The number of hydrogen-bond acceptors (Lipinski definition) is 4. The van der Waals surface area contributed by atoms with Crippen molar-refractivity contribution in [2.45, 2.75) is 37.1 Å². The molecule has 2 saturated heterocycles. The lowest BCUT2D eigenvalue weighted by molar-refractivity contribution is -0.126. The van der Waals surface area contributed by atoms with Gasteiger partial charge in [0, 0.05) is 23.6 Å². The summed E-state index contributed by atoms with van der Waals surface area (Å²) in [6.45, 7) is 3.10. The third-order valence-electron chi connectivity index (χ3n) is 3.17. The van der Waals surface area contributed by atoms with Crippen LogP contribution in [0.15, 0.2) is 0 Å². The molecule has 1 amide bonds. The van der Waals surface area contributed by atoms with Crippen molar-refractivity contribution in [3.8, 4) is 0 Å². The molecule has 2 bridgehead atoms. The standard InChI is InChI=1S/C9H17N3OS/c1-2-8(9(13)11-10)12-4-7-3-6(12)5-14-7/h6-8H,2-5,10H2,1H3,(H,11,13). The predicted molar refractivity (Wildman–Crippen MR) is 57.8 cm³/mol. The molecule has 2 rings (SSSR count). The predicted octanol–water partition coefficient (Wildman–Crippen LogP) is -0.0554. The molecule has 0 spiro atoms. The minimum atomic E-state index is -0.0370. The third-order valence-corrected chi connectivity index (χ3v) is 4.56. The number of hydrogen-bond donors (Lipinski definition) is 2. The Morgan fingerprint density at radius 3 is 3.00 bits per heavy atom. The van der Waals surface area contributed by atoms with Crippen molar-refractivity contribution in [2.24, 2.45) is 5.84 Å². The van der Waals surface area contributed by atoms with Crippen LogP contribution >= 0.6 is 11.8 Å². The number of likely N-dealkylation sites (tertiary alicyclic amines) is 1. The lowest BCUT2D eigenvalue weighted by Crippen LogP contribution is -2.52. The second-order valence-corrected chi connectivity index (χ2v) is 5.31. The first-order valence-electron chi connectivity index (χ1n) is 5.14. The molecule has 2 heterocycles. The van der Waals surface area contributed by atoms with Crippen molar-refractivity contribution < 1.29 is 4.79 Å². The Morgan fingerprint density at radius 1 is 1.79 bits per heavy atom. The number of thioether (sulfide) groups is 1. The number of rotatable bonds is 3. The molecular formula is C9H17N3OS. The van der Waals surface area contributed by atoms with E-state index in [9.17, 15) is 4.79 Å².